The number of rotatable bonds is 3. The number of likely N-dealkylation sites (tertiary alicyclic amines) is 2. The lowest BCUT2D eigenvalue weighted by atomic mass is 10.0. The van der Waals surface area contributed by atoms with Crippen molar-refractivity contribution in [2.75, 3.05) is 20.1 Å². The van der Waals surface area contributed by atoms with Gasteiger partial charge in [0.25, 0.3) is 0 Å². The van der Waals surface area contributed by atoms with Crippen molar-refractivity contribution >= 4 is 5.91 Å². The van der Waals surface area contributed by atoms with Gasteiger partial charge in [0.1, 0.15) is 0 Å². The summed E-state index contributed by atoms with van der Waals surface area (Å²) in [6, 6.07) is 0.449. The SMILES string of the molecule is CC(O)CC1CCCCCN1C1CCN(C)C1=O. The number of hydrogen-bond donors (Lipinski definition) is 1. The van der Waals surface area contributed by atoms with E-state index in [1.54, 1.807) is 0 Å². The van der Waals surface area contributed by atoms with Gasteiger partial charge in [0.05, 0.1) is 12.1 Å². The molecule has 4 heteroatoms. The van der Waals surface area contributed by atoms with E-state index in [4.69, 9.17) is 0 Å². The quantitative estimate of drug-likeness (QED) is 0.824. The molecule has 1 amide bonds. The minimum atomic E-state index is -0.273. The molecular formula is C14H26N2O2. The van der Waals surface area contributed by atoms with E-state index in [1.165, 1.54) is 19.3 Å². The molecule has 0 aromatic heterocycles. The van der Waals surface area contributed by atoms with Gasteiger partial charge < -0.3 is 10.0 Å². The molecule has 0 spiro atoms. The van der Waals surface area contributed by atoms with Gasteiger partial charge in [-0.2, -0.15) is 0 Å². The van der Waals surface area contributed by atoms with Gasteiger partial charge in [-0.25, -0.2) is 0 Å². The number of aliphatic hydroxyl groups is 1. The van der Waals surface area contributed by atoms with Crippen LogP contribution in [-0.4, -0.2) is 59.1 Å². The minimum Gasteiger partial charge on any atom is -0.393 e. The molecule has 0 aromatic carbocycles. The van der Waals surface area contributed by atoms with Crippen LogP contribution in [0.3, 0.4) is 0 Å². The predicted molar refractivity (Wildman–Crippen MR) is 71.3 cm³/mol. The van der Waals surface area contributed by atoms with Gasteiger partial charge in [-0.05, 0) is 39.2 Å². The molecule has 3 atom stereocenters. The number of nitrogens with zero attached hydrogens (tertiary/aromatic N) is 2. The second-order valence-electron chi connectivity index (χ2n) is 5.89. The average molecular weight is 254 g/mol. The first-order chi connectivity index (χ1) is 8.59. The second-order valence-corrected chi connectivity index (χ2v) is 5.89. The lowest BCUT2D eigenvalue weighted by Gasteiger charge is -2.34. The summed E-state index contributed by atoms with van der Waals surface area (Å²) in [5, 5.41) is 9.65. The highest BCUT2D eigenvalue weighted by Gasteiger charge is 2.37. The van der Waals surface area contributed by atoms with Gasteiger partial charge in [0.15, 0.2) is 0 Å². The molecule has 2 aliphatic rings. The monoisotopic (exact) mass is 254 g/mol. The highest BCUT2D eigenvalue weighted by Crippen LogP contribution is 2.26. The molecule has 0 aliphatic carbocycles. The van der Waals surface area contributed by atoms with E-state index >= 15 is 0 Å². The number of carbonyl (C=O) groups is 1. The zero-order valence-electron chi connectivity index (χ0n) is 11.6. The van der Waals surface area contributed by atoms with Crippen molar-refractivity contribution in [2.45, 2.75) is 63.6 Å². The molecule has 2 fully saturated rings. The van der Waals surface area contributed by atoms with Crippen molar-refractivity contribution in [1.29, 1.82) is 0 Å². The highest BCUT2D eigenvalue weighted by atomic mass is 16.3. The van der Waals surface area contributed by atoms with Crippen LogP contribution in [0.5, 0.6) is 0 Å². The Hall–Kier alpha value is -0.610. The van der Waals surface area contributed by atoms with Crippen LogP contribution in [-0.2, 0) is 4.79 Å². The fourth-order valence-electron chi connectivity index (χ4n) is 3.37. The average Bonchev–Trinajstić information content (AvgIpc) is 2.54. The molecule has 2 rings (SSSR count). The summed E-state index contributed by atoms with van der Waals surface area (Å²) < 4.78 is 0. The van der Waals surface area contributed by atoms with E-state index in [0.717, 1.165) is 32.4 Å². The maximum Gasteiger partial charge on any atom is 0.239 e. The Bertz CT molecular complexity index is 294. The third-order valence-corrected chi connectivity index (χ3v) is 4.34. The smallest absolute Gasteiger partial charge is 0.239 e. The van der Waals surface area contributed by atoms with Crippen molar-refractivity contribution in [2.24, 2.45) is 0 Å². The van der Waals surface area contributed by atoms with E-state index in [-0.39, 0.29) is 18.1 Å². The number of amides is 1. The molecular weight excluding hydrogens is 228 g/mol. The molecule has 2 aliphatic heterocycles. The normalized spacial score (nSPS) is 32.6. The molecule has 104 valence electrons. The molecule has 2 heterocycles. The molecule has 3 unspecified atom stereocenters. The molecule has 0 radical (unpaired) electrons. The van der Waals surface area contributed by atoms with Crippen LogP contribution in [0, 0.1) is 0 Å². The number of likely N-dealkylation sites (N-methyl/N-ethyl adjacent to an activating group) is 1. The van der Waals surface area contributed by atoms with Gasteiger partial charge >= 0.3 is 0 Å². The van der Waals surface area contributed by atoms with Gasteiger partial charge in [-0.3, -0.25) is 9.69 Å². The largest absolute Gasteiger partial charge is 0.393 e. The minimum absolute atomic E-state index is 0.0665. The Morgan fingerprint density at radius 1 is 1.28 bits per heavy atom. The van der Waals surface area contributed by atoms with E-state index in [9.17, 15) is 9.90 Å². The molecule has 0 saturated carbocycles. The van der Waals surface area contributed by atoms with Crippen LogP contribution in [0.25, 0.3) is 0 Å². The number of aliphatic hydroxyl groups excluding tert-OH is 1. The maximum atomic E-state index is 12.2. The van der Waals surface area contributed by atoms with Crippen LogP contribution in [0.4, 0.5) is 0 Å². The summed E-state index contributed by atoms with van der Waals surface area (Å²) in [6.07, 6.45) is 6.26. The molecule has 0 aromatic rings. The summed E-state index contributed by atoms with van der Waals surface area (Å²) in [5.74, 6) is 0.271. The van der Waals surface area contributed by atoms with E-state index in [1.807, 2.05) is 18.9 Å². The molecule has 0 bridgehead atoms. The zero-order chi connectivity index (χ0) is 13.1. The molecule has 4 nitrogen and oxygen atoms in total. The van der Waals surface area contributed by atoms with Gasteiger partial charge in [0.2, 0.25) is 5.91 Å². The van der Waals surface area contributed by atoms with Crippen molar-refractivity contribution in [3.63, 3.8) is 0 Å². The summed E-state index contributed by atoms with van der Waals surface area (Å²) >= 11 is 0. The van der Waals surface area contributed by atoms with Crippen molar-refractivity contribution < 1.29 is 9.90 Å². The van der Waals surface area contributed by atoms with E-state index in [2.05, 4.69) is 4.90 Å². The van der Waals surface area contributed by atoms with E-state index < -0.39 is 0 Å². The standard InChI is InChI=1S/C14H26N2O2/c1-11(17)10-12-6-4-3-5-8-16(12)13-7-9-15(2)14(13)18/h11-13,17H,3-10H2,1-2H3. The zero-order valence-corrected chi connectivity index (χ0v) is 11.6. The second kappa shape index (κ2) is 6.02. The Kier molecular flexibility index (Phi) is 4.62. The van der Waals surface area contributed by atoms with E-state index in [0.29, 0.717) is 6.04 Å². The maximum absolute atomic E-state index is 12.2. The fraction of sp³-hybridized carbons (Fsp3) is 0.929. The number of hydrogen-bond acceptors (Lipinski definition) is 3. The summed E-state index contributed by atoms with van der Waals surface area (Å²) in [5.41, 5.74) is 0. The third kappa shape index (κ3) is 3.04. The first-order valence-corrected chi connectivity index (χ1v) is 7.28. The predicted octanol–water partition coefficient (Wildman–Crippen LogP) is 1.23. The molecule has 2 saturated heterocycles. The highest BCUT2D eigenvalue weighted by molar-refractivity contribution is 5.83. The molecule has 1 N–H and O–H groups in total. The Morgan fingerprint density at radius 2 is 2.06 bits per heavy atom. The fourth-order valence-corrected chi connectivity index (χ4v) is 3.37. The van der Waals surface area contributed by atoms with Crippen LogP contribution < -0.4 is 0 Å². The Balaban J connectivity index is 2.07. The van der Waals surface area contributed by atoms with Crippen molar-refractivity contribution in [1.82, 2.24) is 9.80 Å². The summed E-state index contributed by atoms with van der Waals surface area (Å²) in [6.45, 7) is 3.74. The van der Waals surface area contributed by atoms with Gasteiger partial charge in [-0.15, -0.1) is 0 Å². The summed E-state index contributed by atoms with van der Waals surface area (Å²) in [4.78, 5) is 16.4. The van der Waals surface area contributed by atoms with Crippen molar-refractivity contribution in [3.8, 4) is 0 Å². The first-order valence-electron chi connectivity index (χ1n) is 7.28. The lowest BCUT2D eigenvalue weighted by Crippen LogP contribution is -2.47. The Labute approximate surface area is 110 Å². The van der Waals surface area contributed by atoms with Crippen molar-refractivity contribution in [3.05, 3.63) is 0 Å². The lowest BCUT2D eigenvalue weighted by molar-refractivity contribution is -0.132. The first kappa shape index (κ1) is 13.8. The van der Waals surface area contributed by atoms with Crippen LogP contribution in [0.1, 0.15) is 45.4 Å². The van der Waals surface area contributed by atoms with Crippen LogP contribution >= 0.6 is 0 Å². The third-order valence-electron chi connectivity index (χ3n) is 4.34. The Morgan fingerprint density at radius 3 is 2.67 bits per heavy atom. The van der Waals surface area contributed by atoms with Crippen LogP contribution in [0.15, 0.2) is 0 Å². The van der Waals surface area contributed by atoms with Gasteiger partial charge in [-0.1, -0.05) is 12.8 Å². The number of carbonyl (C=O) groups excluding carboxylic acids is 1. The topological polar surface area (TPSA) is 43.8 Å². The molecule has 18 heavy (non-hydrogen) atoms. The van der Waals surface area contributed by atoms with Crippen LogP contribution in [0.2, 0.25) is 0 Å². The summed E-state index contributed by atoms with van der Waals surface area (Å²) in [7, 11) is 1.89. The van der Waals surface area contributed by atoms with Gasteiger partial charge in [0, 0.05) is 19.6 Å².